The Kier molecular flexibility index (Phi) is 4.23. The van der Waals surface area contributed by atoms with Crippen molar-refractivity contribution in [1.82, 2.24) is 0 Å². The Morgan fingerprint density at radius 2 is 1.65 bits per heavy atom. The topological polar surface area (TPSA) is 91.2 Å². The van der Waals surface area contributed by atoms with E-state index in [-0.39, 0.29) is 13.2 Å². The summed E-state index contributed by atoms with van der Waals surface area (Å²) < 4.78 is 0. The van der Waals surface area contributed by atoms with Crippen LogP contribution in [-0.2, 0) is 19.6 Å². The van der Waals surface area contributed by atoms with Crippen LogP contribution < -0.4 is 5.73 Å². The molecule has 0 atom stereocenters. The predicted molar refractivity (Wildman–Crippen MR) is 91.6 cm³/mol. The van der Waals surface area contributed by atoms with Crippen LogP contribution in [0, 0.1) is 0 Å². The zero-order valence-electron chi connectivity index (χ0n) is 13.0. The summed E-state index contributed by atoms with van der Waals surface area (Å²) in [6.45, 7) is 1.70. The van der Waals surface area contributed by atoms with Gasteiger partial charge in [-0.1, -0.05) is 18.2 Å². The van der Waals surface area contributed by atoms with Gasteiger partial charge in [-0.05, 0) is 41.8 Å². The molecule has 0 saturated carbocycles. The second-order valence-electron chi connectivity index (χ2n) is 5.68. The summed E-state index contributed by atoms with van der Waals surface area (Å²) in [5.41, 5.74) is 12.4. The molecule has 0 aromatic heterocycles. The quantitative estimate of drug-likeness (QED) is 0.758. The smallest absolute Gasteiger partial charge is 0.100 e. The highest BCUT2D eigenvalue weighted by Crippen LogP contribution is 2.24. The monoisotopic (exact) mass is 309 g/mol. The largest absolute Gasteiger partial charge is 0.399 e. The van der Waals surface area contributed by atoms with Crippen LogP contribution in [0.15, 0.2) is 46.6 Å². The zero-order valence-corrected chi connectivity index (χ0v) is 13.0. The first-order valence-electron chi connectivity index (χ1n) is 7.46. The Morgan fingerprint density at radius 3 is 2.30 bits per heavy atom. The molecule has 5 heteroatoms. The summed E-state index contributed by atoms with van der Waals surface area (Å²) >= 11 is 0. The van der Waals surface area contributed by atoms with E-state index in [1.807, 2.05) is 43.3 Å². The van der Waals surface area contributed by atoms with E-state index >= 15 is 0 Å². The minimum Gasteiger partial charge on any atom is -0.399 e. The minimum absolute atomic E-state index is 0.103. The number of nitrogens with two attached hydrogens (primary N) is 1. The lowest BCUT2D eigenvalue weighted by Gasteiger charge is -2.14. The lowest BCUT2D eigenvalue weighted by molar-refractivity contribution is 0.260. The molecule has 0 amide bonds. The van der Waals surface area contributed by atoms with Gasteiger partial charge in [-0.3, -0.25) is 0 Å². The van der Waals surface area contributed by atoms with Crippen molar-refractivity contribution in [1.29, 1.82) is 0 Å². The van der Waals surface area contributed by atoms with Crippen molar-refractivity contribution in [2.75, 3.05) is 5.73 Å². The first kappa shape index (κ1) is 15.4. The standard InChI is InChI=1S/C18H19N3O2/c1-11-6-13-7-14(9-22)15(10-23)8-17(13)18(21-20-11)12-2-4-16(19)5-3-12/h2-5,7-8,22-23H,6,9-10,19H2,1H3. The molecule has 5 nitrogen and oxygen atoms in total. The Labute approximate surface area is 134 Å². The van der Waals surface area contributed by atoms with Gasteiger partial charge >= 0.3 is 0 Å². The van der Waals surface area contributed by atoms with E-state index in [4.69, 9.17) is 5.73 Å². The van der Waals surface area contributed by atoms with Crippen molar-refractivity contribution in [3.8, 4) is 0 Å². The molecule has 3 rings (SSSR count). The average molecular weight is 309 g/mol. The minimum atomic E-state index is -0.127. The van der Waals surface area contributed by atoms with E-state index in [1.54, 1.807) is 0 Å². The van der Waals surface area contributed by atoms with E-state index in [1.165, 1.54) is 0 Å². The number of nitrogens with zero attached hydrogens (tertiary/aromatic N) is 2. The number of hydrogen-bond acceptors (Lipinski definition) is 5. The van der Waals surface area contributed by atoms with Gasteiger partial charge in [0.2, 0.25) is 0 Å². The molecular weight excluding hydrogens is 290 g/mol. The first-order chi connectivity index (χ1) is 11.1. The predicted octanol–water partition coefficient (Wildman–Crippen LogP) is 2.02. The van der Waals surface area contributed by atoms with E-state index in [2.05, 4.69) is 10.2 Å². The van der Waals surface area contributed by atoms with Crippen molar-refractivity contribution < 1.29 is 10.2 Å². The summed E-state index contributed by atoms with van der Waals surface area (Å²) in [6.07, 6.45) is 0.663. The molecular formula is C18H19N3O2. The number of benzene rings is 2. The molecule has 4 N–H and O–H groups in total. The van der Waals surface area contributed by atoms with Crippen LogP contribution in [0.4, 0.5) is 5.69 Å². The molecule has 0 radical (unpaired) electrons. The van der Waals surface area contributed by atoms with E-state index in [0.29, 0.717) is 17.7 Å². The molecule has 0 bridgehead atoms. The molecule has 0 saturated heterocycles. The first-order valence-corrected chi connectivity index (χ1v) is 7.46. The van der Waals surface area contributed by atoms with Gasteiger partial charge in [0.1, 0.15) is 5.71 Å². The number of aliphatic hydroxyl groups is 2. The highest BCUT2D eigenvalue weighted by molar-refractivity contribution is 6.15. The van der Waals surface area contributed by atoms with Crippen molar-refractivity contribution in [2.45, 2.75) is 26.6 Å². The number of nitrogen functional groups attached to an aromatic ring is 1. The highest BCUT2D eigenvalue weighted by Gasteiger charge is 2.18. The Hall–Kier alpha value is -2.50. The van der Waals surface area contributed by atoms with Gasteiger partial charge in [-0.15, -0.1) is 5.10 Å². The number of fused-ring (bicyclic) bond motifs is 1. The average Bonchev–Trinajstić information content (AvgIpc) is 2.72. The fraction of sp³-hybridized carbons (Fsp3) is 0.222. The molecule has 0 unspecified atom stereocenters. The molecule has 0 aliphatic carbocycles. The number of hydrogen-bond donors (Lipinski definition) is 3. The molecule has 118 valence electrons. The van der Waals surface area contributed by atoms with E-state index < -0.39 is 0 Å². The summed E-state index contributed by atoms with van der Waals surface area (Å²) in [5.74, 6) is 0. The van der Waals surface area contributed by atoms with Gasteiger partial charge in [0, 0.05) is 28.9 Å². The third kappa shape index (κ3) is 3.02. The number of aliphatic hydroxyl groups excluding tert-OH is 2. The van der Waals surface area contributed by atoms with Gasteiger partial charge in [-0.25, -0.2) is 0 Å². The van der Waals surface area contributed by atoms with E-state index in [0.717, 1.165) is 33.7 Å². The van der Waals surface area contributed by atoms with Crippen molar-refractivity contribution >= 4 is 17.1 Å². The van der Waals surface area contributed by atoms with Crippen LogP contribution >= 0.6 is 0 Å². The molecule has 2 aromatic carbocycles. The lowest BCUT2D eigenvalue weighted by atomic mass is 9.91. The van der Waals surface area contributed by atoms with Crippen molar-refractivity contribution in [3.05, 3.63) is 64.2 Å². The third-order valence-electron chi connectivity index (χ3n) is 3.97. The maximum Gasteiger partial charge on any atom is 0.100 e. The second-order valence-corrected chi connectivity index (χ2v) is 5.68. The maximum absolute atomic E-state index is 9.57. The maximum atomic E-state index is 9.57. The molecule has 0 spiro atoms. The third-order valence-corrected chi connectivity index (χ3v) is 3.97. The highest BCUT2D eigenvalue weighted by atomic mass is 16.3. The Bertz CT molecular complexity index is 793. The second kappa shape index (κ2) is 6.32. The zero-order chi connectivity index (χ0) is 16.4. The normalized spacial score (nSPS) is 13.9. The van der Waals surface area contributed by atoms with Gasteiger partial charge in [0.15, 0.2) is 0 Å². The summed E-state index contributed by atoms with van der Waals surface area (Å²) in [4.78, 5) is 0. The lowest BCUT2D eigenvalue weighted by Crippen LogP contribution is -2.10. The van der Waals surface area contributed by atoms with Crippen LogP contribution in [-0.4, -0.2) is 21.6 Å². The summed E-state index contributed by atoms with van der Waals surface area (Å²) in [5, 5.41) is 27.8. The summed E-state index contributed by atoms with van der Waals surface area (Å²) in [7, 11) is 0. The fourth-order valence-electron chi connectivity index (χ4n) is 2.76. The number of rotatable bonds is 3. The van der Waals surface area contributed by atoms with Gasteiger partial charge in [-0.2, -0.15) is 5.10 Å². The molecule has 23 heavy (non-hydrogen) atoms. The fourth-order valence-corrected chi connectivity index (χ4v) is 2.76. The molecule has 1 heterocycles. The molecule has 0 fully saturated rings. The van der Waals surface area contributed by atoms with E-state index in [9.17, 15) is 10.2 Å². The molecule has 2 aromatic rings. The Morgan fingerprint density at radius 1 is 1.00 bits per heavy atom. The molecule has 1 aliphatic heterocycles. The van der Waals surface area contributed by atoms with Gasteiger partial charge in [0.25, 0.3) is 0 Å². The van der Waals surface area contributed by atoms with Crippen molar-refractivity contribution in [2.24, 2.45) is 10.2 Å². The SMILES string of the molecule is CC1=NN=C(c2ccc(N)cc2)c2cc(CO)c(CO)cc2C1. The van der Waals surface area contributed by atoms with Crippen LogP contribution in [0.5, 0.6) is 0 Å². The summed E-state index contributed by atoms with van der Waals surface area (Å²) in [6, 6.07) is 11.3. The van der Waals surface area contributed by atoms with Crippen LogP contribution in [0.2, 0.25) is 0 Å². The Balaban J connectivity index is 2.20. The van der Waals surface area contributed by atoms with Crippen LogP contribution in [0.3, 0.4) is 0 Å². The van der Waals surface area contributed by atoms with Gasteiger partial charge in [0.05, 0.1) is 13.2 Å². The molecule has 1 aliphatic rings. The number of anilines is 1. The van der Waals surface area contributed by atoms with Gasteiger partial charge < -0.3 is 15.9 Å². The van der Waals surface area contributed by atoms with Crippen LogP contribution in [0.1, 0.15) is 34.7 Å². The van der Waals surface area contributed by atoms with Crippen LogP contribution in [0.25, 0.3) is 0 Å². The van der Waals surface area contributed by atoms with Crippen molar-refractivity contribution in [3.63, 3.8) is 0 Å².